The second kappa shape index (κ2) is 12.2. The summed E-state index contributed by atoms with van der Waals surface area (Å²) >= 11 is 6.07. The maximum atomic E-state index is 13.6. The van der Waals surface area contributed by atoms with Crippen LogP contribution in [0, 0.1) is 0 Å². The average molecular weight is 463 g/mol. The van der Waals surface area contributed by atoms with Crippen molar-refractivity contribution in [1.29, 1.82) is 0 Å². The molecule has 0 saturated carbocycles. The zero-order valence-corrected chi connectivity index (χ0v) is 20.0. The molecule has 0 saturated heterocycles. The smallest absolute Gasteiger partial charge is 0.243 e. The predicted molar refractivity (Wildman–Crippen MR) is 134 cm³/mol. The lowest BCUT2D eigenvalue weighted by Crippen LogP contribution is -2.52. The van der Waals surface area contributed by atoms with Crippen LogP contribution in [0.5, 0.6) is 0 Å². The third-order valence-corrected chi connectivity index (χ3v) is 5.99. The van der Waals surface area contributed by atoms with Crippen molar-refractivity contribution in [1.82, 2.24) is 10.2 Å². The fourth-order valence-corrected chi connectivity index (χ4v) is 3.78. The van der Waals surface area contributed by atoms with Gasteiger partial charge in [-0.05, 0) is 42.2 Å². The van der Waals surface area contributed by atoms with Crippen molar-refractivity contribution in [2.75, 3.05) is 0 Å². The first-order chi connectivity index (χ1) is 16.0. The number of benzene rings is 3. The number of nitrogens with zero attached hydrogens (tertiary/aromatic N) is 1. The van der Waals surface area contributed by atoms with Gasteiger partial charge in [0.15, 0.2) is 0 Å². The molecule has 4 nitrogen and oxygen atoms in total. The minimum atomic E-state index is -0.631. The lowest BCUT2D eigenvalue weighted by molar-refractivity contribution is -0.141. The number of amides is 2. The van der Waals surface area contributed by atoms with Crippen LogP contribution in [0.3, 0.4) is 0 Å². The van der Waals surface area contributed by atoms with Crippen molar-refractivity contribution in [3.8, 4) is 0 Å². The third-order valence-electron chi connectivity index (χ3n) is 5.74. The van der Waals surface area contributed by atoms with Gasteiger partial charge in [-0.15, -0.1) is 0 Å². The van der Waals surface area contributed by atoms with E-state index in [2.05, 4.69) is 5.32 Å². The number of nitrogens with one attached hydrogen (secondary N) is 1. The van der Waals surface area contributed by atoms with Crippen LogP contribution in [0.2, 0.25) is 5.02 Å². The highest BCUT2D eigenvalue weighted by atomic mass is 35.5. The Morgan fingerprint density at radius 1 is 0.848 bits per heavy atom. The van der Waals surface area contributed by atoms with Crippen molar-refractivity contribution >= 4 is 23.4 Å². The van der Waals surface area contributed by atoms with Gasteiger partial charge < -0.3 is 10.2 Å². The molecule has 3 aromatic carbocycles. The molecule has 1 N–H and O–H groups in total. The molecule has 3 aromatic rings. The van der Waals surface area contributed by atoms with Crippen molar-refractivity contribution < 1.29 is 9.59 Å². The van der Waals surface area contributed by atoms with Crippen LogP contribution in [-0.4, -0.2) is 28.8 Å². The lowest BCUT2D eigenvalue weighted by atomic mass is 10.0. The summed E-state index contributed by atoms with van der Waals surface area (Å²) < 4.78 is 0. The molecule has 2 amide bonds. The Morgan fingerprint density at radius 2 is 1.42 bits per heavy atom. The zero-order valence-electron chi connectivity index (χ0n) is 19.2. The summed E-state index contributed by atoms with van der Waals surface area (Å²) in [5.41, 5.74) is 2.86. The highest BCUT2D eigenvalue weighted by Gasteiger charge is 2.30. The van der Waals surface area contributed by atoms with E-state index < -0.39 is 6.04 Å². The third kappa shape index (κ3) is 7.47. The predicted octanol–water partition coefficient (Wildman–Crippen LogP) is 5.44. The minimum absolute atomic E-state index is 0.0254. The fraction of sp³-hybridized carbons (Fsp3) is 0.286. The standard InChI is InChI=1S/C28H31ClN2O2/c1-3-21(2)30-28(33)26(18-22-10-6-4-7-11-22)31(20-24-14-16-25(29)17-15-24)27(32)19-23-12-8-5-9-13-23/h4-17,21,26H,3,18-20H2,1-2H3,(H,30,33). The molecule has 5 heteroatoms. The summed E-state index contributed by atoms with van der Waals surface area (Å²) in [7, 11) is 0. The number of rotatable bonds is 10. The Hall–Kier alpha value is -3.11. The summed E-state index contributed by atoms with van der Waals surface area (Å²) in [4.78, 5) is 28.7. The van der Waals surface area contributed by atoms with Crippen LogP contribution >= 0.6 is 11.6 Å². The number of hydrogen-bond donors (Lipinski definition) is 1. The molecule has 0 bridgehead atoms. The molecule has 0 aromatic heterocycles. The minimum Gasteiger partial charge on any atom is -0.352 e. The van der Waals surface area contributed by atoms with Crippen molar-refractivity contribution in [2.24, 2.45) is 0 Å². The molecule has 0 aliphatic carbocycles. The molecule has 0 heterocycles. The number of carbonyl (C=O) groups excluding carboxylic acids is 2. The van der Waals surface area contributed by atoms with Crippen LogP contribution in [-0.2, 0) is 29.0 Å². The Bertz CT molecular complexity index is 1020. The second-order valence-corrected chi connectivity index (χ2v) is 8.77. The molecular weight excluding hydrogens is 432 g/mol. The monoisotopic (exact) mass is 462 g/mol. The maximum Gasteiger partial charge on any atom is 0.243 e. The molecule has 2 unspecified atom stereocenters. The van der Waals surface area contributed by atoms with Crippen LogP contribution in [0.25, 0.3) is 0 Å². The molecule has 2 atom stereocenters. The fourth-order valence-electron chi connectivity index (χ4n) is 3.65. The molecule has 172 valence electrons. The van der Waals surface area contributed by atoms with Gasteiger partial charge in [0.05, 0.1) is 6.42 Å². The van der Waals surface area contributed by atoms with E-state index in [1.807, 2.05) is 98.8 Å². The topological polar surface area (TPSA) is 49.4 Å². The van der Waals surface area contributed by atoms with E-state index >= 15 is 0 Å². The molecule has 3 rings (SSSR count). The van der Waals surface area contributed by atoms with Crippen LogP contribution in [0.1, 0.15) is 37.0 Å². The van der Waals surface area contributed by atoms with Gasteiger partial charge in [-0.25, -0.2) is 0 Å². The Balaban J connectivity index is 1.95. The zero-order chi connectivity index (χ0) is 23.6. The van der Waals surface area contributed by atoms with Crippen molar-refractivity contribution in [3.63, 3.8) is 0 Å². The quantitative estimate of drug-likeness (QED) is 0.436. The van der Waals surface area contributed by atoms with Gasteiger partial charge in [0.2, 0.25) is 11.8 Å². The molecular formula is C28H31ClN2O2. The van der Waals surface area contributed by atoms with Crippen LogP contribution in [0.15, 0.2) is 84.9 Å². The van der Waals surface area contributed by atoms with E-state index in [-0.39, 0.29) is 24.3 Å². The van der Waals surface area contributed by atoms with E-state index in [4.69, 9.17) is 11.6 Å². The maximum absolute atomic E-state index is 13.6. The van der Waals surface area contributed by atoms with E-state index in [0.29, 0.717) is 18.0 Å². The van der Waals surface area contributed by atoms with Gasteiger partial charge in [-0.2, -0.15) is 0 Å². The van der Waals surface area contributed by atoms with Gasteiger partial charge in [0.25, 0.3) is 0 Å². The lowest BCUT2D eigenvalue weighted by Gasteiger charge is -2.32. The van der Waals surface area contributed by atoms with Crippen molar-refractivity contribution in [2.45, 2.75) is 51.7 Å². The highest BCUT2D eigenvalue weighted by Crippen LogP contribution is 2.18. The van der Waals surface area contributed by atoms with Crippen molar-refractivity contribution in [3.05, 3.63) is 107 Å². The summed E-state index contributed by atoms with van der Waals surface area (Å²) in [6.45, 7) is 4.34. The number of carbonyl (C=O) groups is 2. The van der Waals surface area contributed by atoms with E-state index in [0.717, 1.165) is 23.1 Å². The second-order valence-electron chi connectivity index (χ2n) is 8.33. The Kier molecular flexibility index (Phi) is 9.08. The summed E-state index contributed by atoms with van der Waals surface area (Å²) in [5.74, 6) is -0.222. The van der Waals surface area contributed by atoms with Gasteiger partial charge in [0.1, 0.15) is 6.04 Å². The van der Waals surface area contributed by atoms with Gasteiger partial charge in [-0.3, -0.25) is 9.59 Å². The van der Waals surface area contributed by atoms with Crippen LogP contribution in [0.4, 0.5) is 0 Å². The number of hydrogen-bond acceptors (Lipinski definition) is 2. The van der Waals surface area contributed by atoms with E-state index in [1.165, 1.54) is 0 Å². The first-order valence-electron chi connectivity index (χ1n) is 11.4. The molecule has 0 radical (unpaired) electrons. The molecule has 0 aliphatic heterocycles. The number of halogens is 1. The van der Waals surface area contributed by atoms with Crippen LogP contribution < -0.4 is 5.32 Å². The molecule has 0 aliphatic rings. The SMILES string of the molecule is CCC(C)NC(=O)C(Cc1ccccc1)N(Cc1ccc(Cl)cc1)C(=O)Cc1ccccc1. The molecule has 33 heavy (non-hydrogen) atoms. The van der Waals surface area contributed by atoms with E-state index in [1.54, 1.807) is 4.90 Å². The van der Waals surface area contributed by atoms with Gasteiger partial charge in [0, 0.05) is 24.0 Å². The summed E-state index contributed by atoms with van der Waals surface area (Å²) in [6, 6.07) is 26.3. The summed E-state index contributed by atoms with van der Waals surface area (Å²) in [5, 5.41) is 3.73. The van der Waals surface area contributed by atoms with Gasteiger partial charge in [-0.1, -0.05) is 91.3 Å². The largest absolute Gasteiger partial charge is 0.352 e. The average Bonchev–Trinajstić information content (AvgIpc) is 2.83. The van der Waals surface area contributed by atoms with Gasteiger partial charge >= 0.3 is 0 Å². The first-order valence-corrected chi connectivity index (χ1v) is 11.8. The van der Waals surface area contributed by atoms with E-state index in [9.17, 15) is 9.59 Å². The Labute approximate surface area is 201 Å². The highest BCUT2D eigenvalue weighted by molar-refractivity contribution is 6.30. The normalized spacial score (nSPS) is 12.6. The molecule has 0 fully saturated rings. The molecule has 0 spiro atoms. The first kappa shape index (κ1) is 24.5. The Morgan fingerprint density at radius 3 is 2.00 bits per heavy atom. The summed E-state index contributed by atoms with van der Waals surface area (Å²) in [6.07, 6.45) is 1.49.